The lowest BCUT2D eigenvalue weighted by atomic mass is 9.94. The molecule has 0 aliphatic heterocycles. The van der Waals surface area contributed by atoms with Crippen molar-refractivity contribution >= 4 is 0 Å². The predicted molar refractivity (Wildman–Crippen MR) is 44.9 cm³/mol. The minimum atomic E-state index is -0.260. The summed E-state index contributed by atoms with van der Waals surface area (Å²) in [4.78, 5) is 17.2. The van der Waals surface area contributed by atoms with Crippen molar-refractivity contribution in [2.24, 2.45) is 5.73 Å². The van der Waals surface area contributed by atoms with Crippen LogP contribution in [0.5, 0.6) is 0 Å². The molecule has 2 rings (SSSR count). The average Bonchev–Trinajstić information content (AvgIpc) is 2.05. The highest BCUT2D eigenvalue weighted by molar-refractivity contribution is 5.20. The first-order valence-corrected chi connectivity index (χ1v) is 4.08. The van der Waals surface area contributed by atoms with Crippen LogP contribution in [-0.4, -0.2) is 16.0 Å². The Morgan fingerprint density at radius 2 is 2.50 bits per heavy atom. The lowest BCUT2D eigenvalue weighted by Gasteiger charge is -2.19. The number of hydrogen-bond acceptors (Lipinski definition) is 3. The number of aromatic nitrogens is 2. The maximum absolute atomic E-state index is 10.8. The van der Waals surface area contributed by atoms with Gasteiger partial charge < -0.3 is 10.7 Å². The summed E-state index contributed by atoms with van der Waals surface area (Å²) in [5.74, 6) is 0. The molecular formula is C8H11N3O. The number of nitrogens with one attached hydrogen (secondary N) is 1. The molecule has 0 unspecified atom stereocenters. The lowest BCUT2D eigenvalue weighted by molar-refractivity contribution is 0.561. The molecule has 0 bridgehead atoms. The number of H-pyrrole nitrogens is 1. The largest absolute Gasteiger partial charge is 0.345 e. The molecule has 0 saturated carbocycles. The first-order valence-electron chi connectivity index (χ1n) is 4.08. The third-order valence-electron chi connectivity index (χ3n) is 2.23. The van der Waals surface area contributed by atoms with E-state index in [1.165, 1.54) is 0 Å². The molecule has 12 heavy (non-hydrogen) atoms. The molecule has 4 nitrogen and oxygen atoms in total. The van der Waals surface area contributed by atoms with Crippen molar-refractivity contribution < 1.29 is 0 Å². The van der Waals surface area contributed by atoms with Gasteiger partial charge in [-0.05, 0) is 24.8 Å². The van der Waals surface area contributed by atoms with E-state index in [0.717, 1.165) is 30.5 Å². The summed E-state index contributed by atoms with van der Waals surface area (Å²) >= 11 is 0. The summed E-state index contributed by atoms with van der Waals surface area (Å²) in [7, 11) is 0. The monoisotopic (exact) mass is 165 g/mol. The van der Waals surface area contributed by atoms with Crippen LogP contribution in [0.15, 0.2) is 11.0 Å². The van der Waals surface area contributed by atoms with E-state index in [4.69, 9.17) is 5.73 Å². The highest BCUT2D eigenvalue weighted by atomic mass is 16.1. The molecule has 1 heterocycles. The number of fused-ring (bicyclic) bond motifs is 1. The first-order chi connectivity index (χ1) is 5.75. The van der Waals surface area contributed by atoms with Gasteiger partial charge in [-0.1, -0.05) is 0 Å². The van der Waals surface area contributed by atoms with Crippen LogP contribution in [0.4, 0.5) is 0 Å². The van der Waals surface area contributed by atoms with E-state index < -0.39 is 0 Å². The molecule has 1 aliphatic rings. The Morgan fingerprint density at radius 3 is 3.33 bits per heavy atom. The first kappa shape index (κ1) is 7.49. The van der Waals surface area contributed by atoms with Gasteiger partial charge >= 0.3 is 5.69 Å². The van der Waals surface area contributed by atoms with E-state index in [1.54, 1.807) is 6.20 Å². The van der Waals surface area contributed by atoms with E-state index in [-0.39, 0.29) is 11.7 Å². The molecule has 4 heteroatoms. The van der Waals surface area contributed by atoms with Crippen LogP contribution in [-0.2, 0) is 12.8 Å². The molecule has 1 aromatic rings. The minimum absolute atomic E-state index is 0.227. The van der Waals surface area contributed by atoms with Crippen molar-refractivity contribution in [1.82, 2.24) is 9.97 Å². The van der Waals surface area contributed by atoms with Crippen LogP contribution in [0, 0.1) is 0 Å². The van der Waals surface area contributed by atoms with Crippen LogP contribution >= 0.6 is 0 Å². The zero-order chi connectivity index (χ0) is 8.55. The fraction of sp³-hybridized carbons (Fsp3) is 0.500. The molecule has 1 aromatic heterocycles. The van der Waals surface area contributed by atoms with Crippen LogP contribution in [0.25, 0.3) is 0 Å². The van der Waals surface area contributed by atoms with Gasteiger partial charge in [0.2, 0.25) is 0 Å². The van der Waals surface area contributed by atoms with Gasteiger partial charge in [0.15, 0.2) is 0 Å². The Kier molecular flexibility index (Phi) is 1.69. The third-order valence-corrected chi connectivity index (χ3v) is 2.23. The molecule has 3 N–H and O–H groups in total. The zero-order valence-electron chi connectivity index (χ0n) is 6.71. The molecular weight excluding hydrogens is 154 g/mol. The fourth-order valence-electron chi connectivity index (χ4n) is 1.57. The smallest absolute Gasteiger partial charge is 0.327 e. The summed E-state index contributed by atoms with van der Waals surface area (Å²) < 4.78 is 0. The number of hydrogen-bond donors (Lipinski definition) is 2. The number of nitrogens with two attached hydrogens (primary N) is 1. The summed E-state index contributed by atoms with van der Waals surface area (Å²) in [6.07, 6.45) is 4.29. The summed E-state index contributed by atoms with van der Waals surface area (Å²) in [6, 6.07) is 0.227. The molecule has 0 spiro atoms. The zero-order valence-corrected chi connectivity index (χ0v) is 6.71. The Bertz CT molecular complexity index is 344. The topological polar surface area (TPSA) is 71.8 Å². The van der Waals surface area contributed by atoms with Gasteiger partial charge in [0.25, 0.3) is 0 Å². The molecule has 0 radical (unpaired) electrons. The van der Waals surface area contributed by atoms with Gasteiger partial charge in [-0.15, -0.1) is 0 Å². The highest BCUT2D eigenvalue weighted by Gasteiger charge is 2.15. The number of aromatic amines is 1. The molecule has 0 amide bonds. The number of aryl methyl sites for hydroxylation is 1. The molecule has 1 atom stereocenters. The van der Waals surface area contributed by atoms with E-state index in [0.29, 0.717) is 0 Å². The standard InChI is InChI=1S/C8H11N3O/c9-6-1-2-7-5(3-6)4-10-8(12)11-7/h4,6H,1-3,9H2,(H,10,11,12)/t6-/m0/s1. The van der Waals surface area contributed by atoms with Crippen molar-refractivity contribution in [3.8, 4) is 0 Å². The van der Waals surface area contributed by atoms with E-state index in [2.05, 4.69) is 9.97 Å². The normalized spacial score (nSPS) is 21.9. The SMILES string of the molecule is N[C@H]1CCc2[nH]c(=O)ncc2C1. The Hall–Kier alpha value is -1.16. The Labute approximate surface area is 69.8 Å². The molecule has 0 saturated heterocycles. The van der Waals surface area contributed by atoms with Gasteiger partial charge in [0.05, 0.1) is 0 Å². The van der Waals surface area contributed by atoms with Gasteiger partial charge in [-0.25, -0.2) is 9.78 Å². The summed E-state index contributed by atoms with van der Waals surface area (Å²) in [5.41, 5.74) is 7.61. The summed E-state index contributed by atoms with van der Waals surface area (Å²) in [5, 5.41) is 0. The van der Waals surface area contributed by atoms with Crippen molar-refractivity contribution in [1.29, 1.82) is 0 Å². The van der Waals surface area contributed by atoms with Gasteiger partial charge in [0.1, 0.15) is 0 Å². The van der Waals surface area contributed by atoms with Crippen molar-refractivity contribution in [3.63, 3.8) is 0 Å². The Balaban J connectivity index is 2.43. The quantitative estimate of drug-likeness (QED) is 0.548. The lowest BCUT2D eigenvalue weighted by Crippen LogP contribution is -2.30. The van der Waals surface area contributed by atoms with Crippen LogP contribution in [0.1, 0.15) is 17.7 Å². The fourth-order valence-corrected chi connectivity index (χ4v) is 1.57. The van der Waals surface area contributed by atoms with Gasteiger partial charge in [-0.2, -0.15) is 0 Å². The minimum Gasteiger partial charge on any atom is -0.327 e. The van der Waals surface area contributed by atoms with Crippen LogP contribution in [0.2, 0.25) is 0 Å². The second kappa shape index (κ2) is 2.71. The molecule has 0 aromatic carbocycles. The van der Waals surface area contributed by atoms with Gasteiger partial charge in [-0.3, -0.25) is 0 Å². The average molecular weight is 165 g/mol. The third kappa shape index (κ3) is 1.25. The molecule has 0 fully saturated rings. The van der Waals surface area contributed by atoms with E-state index >= 15 is 0 Å². The van der Waals surface area contributed by atoms with Crippen molar-refractivity contribution in [2.75, 3.05) is 0 Å². The maximum atomic E-state index is 10.8. The predicted octanol–water partition coefficient (Wildman–Crippen LogP) is -0.414. The second-order valence-electron chi connectivity index (χ2n) is 3.20. The Morgan fingerprint density at radius 1 is 1.67 bits per heavy atom. The van der Waals surface area contributed by atoms with Crippen molar-refractivity contribution in [2.45, 2.75) is 25.3 Å². The van der Waals surface area contributed by atoms with Crippen LogP contribution in [0.3, 0.4) is 0 Å². The second-order valence-corrected chi connectivity index (χ2v) is 3.20. The number of nitrogens with zero attached hydrogens (tertiary/aromatic N) is 1. The van der Waals surface area contributed by atoms with Gasteiger partial charge in [0, 0.05) is 17.9 Å². The molecule has 1 aliphatic carbocycles. The van der Waals surface area contributed by atoms with E-state index in [1.807, 2.05) is 0 Å². The number of rotatable bonds is 0. The maximum Gasteiger partial charge on any atom is 0.345 e. The van der Waals surface area contributed by atoms with Crippen molar-refractivity contribution in [3.05, 3.63) is 27.9 Å². The van der Waals surface area contributed by atoms with E-state index in [9.17, 15) is 4.79 Å². The molecule has 64 valence electrons. The van der Waals surface area contributed by atoms with Crippen LogP contribution < -0.4 is 11.4 Å². The highest BCUT2D eigenvalue weighted by Crippen LogP contribution is 2.15. The summed E-state index contributed by atoms with van der Waals surface area (Å²) in [6.45, 7) is 0.